The second-order valence-corrected chi connectivity index (χ2v) is 10.6. The van der Waals surface area contributed by atoms with E-state index in [-0.39, 0.29) is 17.9 Å². The van der Waals surface area contributed by atoms with Crippen molar-refractivity contribution in [3.05, 3.63) is 58.7 Å². The molecule has 2 N–H and O–H groups in total. The van der Waals surface area contributed by atoms with Crippen LogP contribution in [0.3, 0.4) is 0 Å². The van der Waals surface area contributed by atoms with Gasteiger partial charge in [0.15, 0.2) is 0 Å². The molecule has 27 heavy (non-hydrogen) atoms. The SMILES string of the molecule is Cc1cc(C)cc(NS(=O)(=O)CCCS(=O)(=O)Nc2cc(C)cc(C)c2)c1. The van der Waals surface area contributed by atoms with Gasteiger partial charge in [0.05, 0.1) is 11.5 Å². The molecule has 8 heteroatoms. The minimum Gasteiger partial charge on any atom is -0.284 e. The molecule has 2 aromatic carbocycles. The highest BCUT2D eigenvalue weighted by Crippen LogP contribution is 2.17. The van der Waals surface area contributed by atoms with Crippen molar-refractivity contribution < 1.29 is 16.8 Å². The van der Waals surface area contributed by atoms with Crippen molar-refractivity contribution in [2.75, 3.05) is 20.9 Å². The first-order valence-corrected chi connectivity index (χ1v) is 11.9. The van der Waals surface area contributed by atoms with Crippen LogP contribution in [0.25, 0.3) is 0 Å². The van der Waals surface area contributed by atoms with E-state index in [1.165, 1.54) is 0 Å². The van der Waals surface area contributed by atoms with Gasteiger partial charge >= 0.3 is 0 Å². The molecule has 0 spiro atoms. The summed E-state index contributed by atoms with van der Waals surface area (Å²) < 4.78 is 53.9. The van der Waals surface area contributed by atoms with Crippen molar-refractivity contribution >= 4 is 31.4 Å². The Balaban J connectivity index is 1.95. The van der Waals surface area contributed by atoms with Gasteiger partial charge in [-0.2, -0.15) is 0 Å². The second-order valence-electron chi connectivity index (χ2n) is 6.95. The summed E-state index contributed by atoms with van der Waals surface area (Å²) in [5, 5.41) is 0. The maximum atomic E-state index is 12.2. The van der Waals surface area contributed by atoms with Gasteiger partial charge in [0.2, 0.25) is 20.0 Å². The van der Waals surface area contributed by atoms with Crippen LogP contribution in [-0.2, 0) is 20.0 Å². The highest BCUT2D eigenvalue weighted by atomic mass is 32.2. The maximum absolute atomic E-state index is 12.2. The zero-order chi connectivity index (χ0) is 20.2. The van der Waals surface area contributed by atoms with Crippen LogP contribution in [0.2, 0.25) is 0 Å². The van der Waals surface area contributed by atoms with Gasteiger partial charge in [0.25, 0.3) is 0 Å². The largest absolute Gasteiger partial charge is 0.284 e. The molecule has 2 aromatic rings. The topological polar surface area (TPSA) is 92.3 Å². The molecule has 0 aliphatic carbocycles. The Hall–Kier alpha value is -2.06. The van der Waals surface area contributed by atoms with Crippen LogP contribution in [0.15, 0.2) is 36.4 Å². The van der Waals surface area contributed by atoms with E-state index in [0.717, 1.165) is 22.3 Å². The molecule has 0 bridgehead atoms. The quantitative estimate of drug-likeness (QED) is 0.697. The van der Waals surface area contributed by atoms with E-state index in [0.29, 0.717) is 11.4 Å². The van der Waals surface area contributed by atoms with Gasteiger partial charge in [-0.3, -0.25) is 9.44 Å². The van der Waals surface area contributed by atoms with Crippen molar-refractivity contribution in [3.8, 4) is 0 Å². The number of benzene rings is 2. The van der Waals surface area contributed by atoms with Gasteiger partial charge in [-0.25, -0.2) is 16.8 Å². The Morgan fingerprint density at radius 2 is 0.889 bits per heavy atom. The minimum atomic E-state index is -3.62. The van der Waals surface area contributed by atoms with E-state index in [1.807, 2.05) is 39.8 Å². The third-order valence-corrected chi connectivity index (χ3v) is 6.56. The van der Waals surface area contributed by atoms with Crippen LogP contribution < -0.4 is 9.44 Å². The van der Waals surface area contributed by atoms with Crippen LogP contribution in [0, 0.1) is 27.7 Å². The molecule has 0 aliphatic rings. The smallest absolute Gasteiger partial charge is 0.232 e. The Kier molecular flexibility index (Phi) is 6.54. The molecule has 0 saturated heterocycles. The molecule has 0 amide bonds. The average molecular weight is 411 g/mol. The second kappa shape index (κ2) is 8.31. The standard InChI is InChI=1S/C19H26N2O4S2/c1-14-8-15(2)11-18(10-14)20-26(22,23)6-5-7-27(24,25)21-19-12-16(3)9-17(4)13-19/h8-13,20-21H,5-7H2,1-4H3. The molecule has 6 nitrogen and oxygen atoms in total. The zero-order valence-electron chi connectivity index (χ0n) is 16.0. The first kappa shape index (κ1) is 21.2. The number of sulfonamides is 2. The van der Waals surface area contributed by atoms with Crippen molar-refractivity contribution in [2.24, 2.45) is 0 Å². The number of aryl methyl sites for hydroxylation is 4. The molecule has 148 valence electrons. The van der Waals surface area contributed by atoms with E-state index < -0.39 is 20.0 Å². The molecule has 0 radical (unpaired) electrons. The first-order valence-electron chi connectivity index (χ1n) is 8.62. The summed E-state index contributed by atoms with van der Waals surface area (Å²) in [6.45, 7) is 7.54. The maximum Gasteiger partial charge on any atom is 0.232 e. The Morgan fingerprint density at radius 3 is 1.19 bits per heavy atom. The van der Waals surface area contributed by atoms with Gasteiger partial charge in [-0.1, -0.05) is 12.1 Å². The van der Waals surface area contributed by atoms with Crippen molar-refractivity contribution in [1.29, 1.82) is 0 Å². The monoisotopic (exact) mass is 410 g/mol. The number of hydrogen-bond donors (Lipinski definition) is 2. The lowest BCUT2D eigenvalue weighted by molar-refractivity contribution is 0.595. The molecule has 0 aliphatic heterocycles. The number of nitrogens with one attached hydrogen (secondary N) is 2. The lowest BCUT2D eigenvalue weighted by Gasteiger charge is -2.11. The summed E-state index contributed by atoms with van der Waals surface area (Å²) in [6.07, 6.45) is 0.000260. The fourth-order valence-electron chi connectivity index (χ4n) is 2.97. The molecular weight excluding hydrogens is 384 g/mol. The number of anilines is 2. The lowest BCUT2D eigenvalue weighted by atomic mass is 10.1. The van der Waals surface area contributed by atoms with Crippen LogP contribution >= 0.6 is 0 Å². The summed E-state index contributed by atoms with van der Waals surface area (Å²) >= 11 is 0. The molecule has 0 aromatic heterocycles. The molecule has 2 rings (SSSR count). The average Bonchev–Trinajstić information content (AvgIpc) is 2.42. The van der Waals surface area contributed by atoms with Crippen LogP contribution in [0.4, 0.5) is 11.4 Å². The Morgan fingerprint density at radius 1 is 0.593 bits per heavy atom. The molecule has 0 unspecified atom stereocenters. The van der Waals surface area contributed by atoms with Crippen molar-refractivity contribution in [3.63, 3.8) is 0 Å². The van der Waals surface area contributed by atoms with Crippen molar-refractivity contribution in [1.82, 2.24) is 0 Å². The van der Waals surface area contributed by atoms with Crippen LogP contribution in [0.5, 0.6) is 0 Å². The van der Waals surface area contributed by atoms with Gasteiger partial charge in [-0.15, -0.1) is 0 Å². The fourth-order valence-corrected chi connectivity index (χ4v) is 5.36. The van der Waals surface area contributed by atoms with Gasteiger partial charge < -0.3 is 0 Å². The predicted octanol–water partition coefficient (Wildman–Crippen LogP) is 3.49. The minimum absolute atomic E-state index is 0.000260. The summed E-state index contributed by atoms with van der Waals surface area (Å²) in [6, 6.07) is 10.9. The van der Waals surface area contributed by atoms with E-state index in [2.05, 4.69) is 9.44 Å². The van der Waals surface area contributed by atoms with E-state index in [1.54, 1.807) is 24.3 Å². The van der Waals surface area contributed by atoms with Gasteiger partial charge in [0, 0.05) is 11.4 Å². The number of rotatable bonds is 8. The van der Waals surface area contributed by atoms with E-state index in [9.17, 15) is 16.8 Å². The summed E-state index contributed by atoms with van der Waals surface area (Å²) in [5.74, 6) is -0.540. The van der Waals surface area contributed by atoms with Crippen molar-refractivity contribution in [2.45, 2.75) is 34.1 Å². The molecule has 0 saturated carbocycles. The first-order chi connectivity index (χ1) is 12.4. The third-order valence-electron chi connectivity index (χ3n) is 3.82. The molecule has 0 heterocycles. The highest BCUT2D eigenvalue weighted by molar-refractivity contribution is 7.93. The zero-order valence-corrected chi connectivity index (χ0v) is 17.7. The fraction of sp³-hybridized carbons (Fsp3) is 0.368. The summed E-state index contributed by atoms with van der Waals surface area (Å²) in [5.41, 5.74) is 4.79. The van der Waals surface area contributed by atoms with Gasteiger partial charge in [0.1, 0.15) is 0 Å². The van der Waals surface area contributed by atoms with E-state index >= 15 is 0 Å². The van der Waals surface area contributed by atoms with Gasteiger partial charge in [-0.05, 0) is 80.6 Å². The van der Waals surface area contributed by atoms with Crippen LogP contribution in [0.1, 0.15) is 28.7 Å². The predicted molar refractivity (Wildman–Crippen MR) is 111 cm³/mol. The normalized spacial score (nSPS) is 12.0. The molecule has 0 atom stereocenters. The number of hydrogen-bond acceptors (Lipinski definition) is 4. The Labute approximate surface area is 162 Å². The molecular formula is C19H26N2O4S2. The third kappa shape index (κ3) is 7.22. The lowest BCUT2D eigenvalue weighted by Crippen LogP contribution is -2.22. The molecule has 0 fully saturated rings. The van der Waals surface area contributed by atoms with Crippen LogP contribution in [-0.4, -0.2) is 28.3 Å². The summed E-state index contributed by atoms with van der Waals surface area (Å²) in [7, 11) is -7.24. The Bertz CT molecular complexity index is 906. The summed E-state index contributed by atoms with van der Waals surface area (Å²) in [4.78, 5) is 0. The van der Waals surface area contributed by atoms with E-state index in [4.69, 9.17) is 0 Å². The highest BCUT2D eigenvalue weighted by Gasteiger charge is 2.16.